The van der Waals surface area contributed by atoms with Crippen molar-refractivity contribution in [3.63, 3.8) is 0 Å². The summed E-state index contributed by atoms with van der Waals surface area (Å²) in [6.07, 6.45) is 1.71. The fraction of sp³-hybridized carbons (Fsp3) is 0.0455. The molecule has 0 spiro atoms. The number of nitrogens with zero attached hydrogens (tertiary/aromatic N) is 4. The van der Waals surface area contributed by atoms with Crippen LogP contribution in [0.2, 0.25) is 0 Å². The van der Waals surface area contributed by atoms with Gasteiger partial charge in [0.1, 0.15) is 11.4 Å². The van der Waals surface area contributed by atoms with Crippen LogP contribution in [0.15, 0.2) is 88.8 Å². The summed E-state index contributed by atoms with van der Waals surface area (Å²) in [6.45, 7) is 1.99. The molecule has 1 heterocycles. The molecule has 0 atom stereocenters. The van der Waals surface area contributed by atoms with E-state index < -0.39 is 9.85 Å². The maximum absolute atomic E-state index is 11.6. The molecule has 0 unspecified atom stereocenters. The molecule has 0 bridgehead atoms. The Kier molecular flexibility index (Phi) is 5.50. The number of hydrogen-bond acceptors (Lipinski definition) is 6. The summed E-state index contributed by atoms with van der Waals surface area (Å²) in [4.78, 5) is 23.2. The molecule has 4 rings (SSSR count). The van der Waals surface area contributed by atoms with Gasteiger partial charge in [-0.05, 0) is 25.1 Å². The van der Waals surface area contributed by atoms with Crippen LogP contribution in [0.25, 0.3) is 16.9 Å². The second-order valence-corrected chi connectivity index (χ2v) is 7.87. The first-order valence-corrected chi connectivity index (χ1v) is 10.1. The summed E-state index contributed by atoms with van der Waals surface area (Å²) in [5.74, 6) is 0. The zero-order valence-corrected chi connectivity index (χ0v) is 17.2. The van der Waals surface area contributed by atoms with Gasteiger partial charge in [-0.25, -0.2) is 4.68 Å². The summed E-state index contributed by atoms with van der Waals surface area (Å²) in [5, 5.41) is 27.3. The second kappa shape index (κ2) is 8.41. The van der Waals surface area contributed by atoms with Crippen molar-refractivity contribution in [3.05, 3.63) is 105 Å². The summed E-state index contributed by atoms with van der Waals surface area (Å²) in [6, 6.07) is 21.1. The number of nitro benzene ring substituents is 2. The van der Waals surface area contributed by atoms with Crippen LogP contribution < -0.4 is 0 Å². The molecule has 0 saturated heterocycles. The molecule has 31 heavy (non-hydrogen) atoms. The van der Waals surface area contributed by atoms with Crippen molar-refractivity contribution >= 4 is 23.1 Å². The standard InChI is InChI=1S/C22H16N4O4S/c1-15-7-9-16(10-8-15)22-21(31-18-5-3-2-4-6-18)14-24(23-22)19-12-11-17(25(27)28)13-20(19)26(29)30/h2-14H,1H3. The Bertz CT molecular complexity index is 1270. The van der Waals surface area contributed by atoms with Crippen molar-refractivity contribution in [2.45, 2.75) is 16.7 Å². The van der Waals surface area contributed by atoms with Crippen molar-refractivity contribution in [1.29, 1.82) is 0 Å². The Balaban J connectivity index is 1.86. The first-order chi connectivity index (χ1) is 14.9. The molecule has 0 N–H and O–H groups in total. The highest BCUT2D eigenvalue weighted by Gasteiger charge is 2.23. The lowest BCUT2D eigenvalue weighted by Gasteiger charge is -2.03. The molecular weight excluding hydrogens is 416 g/mol. The van der Waals surface area contributed by atoms with Gasteiger partial charge >= 0.3 is 5.69 Å². The smallest absolute Gasteiger partial charge is 0.258 e. The molecule has 0 radical (unpaired) electrons. The van der Waals surface area contributed by atoms with Gasteiger partial charge in [0.2, 0.25) is 0 Å². The van der Waals surface area contributed by atoms with E-state index in [0.717, 1.165) is 27.0 Å². The van der Waals surface area contributed by atoms with Gasteiger partial charge < -0.3 is 0 Å². The lowest BCUT2D eigenvalue weighted by molar-refractivity contribution is -0.394. The van der Waals surface area contributed by atoms with E-state index in [1.54, 1.807) is 6.20 Å². The van der Waals surface area contributed by atoms with E-state index in [1.807, 2.05) is 61.5 Å². The van der Waals surface area contributed by atoms with Crippen molar-refractivity contribution in [1.82, 2.24) is 9.78 Å². The van der Waals surface area contributed by atoms with Crippen molar-refractivity contribution in [3.8, 4) is 16.9 Å². The molecule has 1 aromatic heterocycles. The first kappa shape index (κ1) is 20.3. The maximum Gasteiger partial charge on any atom is 0.301 e. The minimum atomic E-state index is -0.658. The van der Waals surface area contributed by atoms with E-state index in [4.69, 9.17) is 0 Å². The predicted octanol–water partition coefficient (Wildman–Crippen LogP) is 5.82. The normalized spacial score (nSPS) is 10.7. The third kappa shape index (κ3) is 4.31. The zero-order chi connectivity index (χ0) is 22.0. The minimum absolute atomic E-state index is 0.156. The third-order valence-electron chi connectivity index (χ3n) is 4.59. The molecule has 0 aliphatic heterocycles. The fourth-order valence-electron chi connectivity index (χ4n) is 3.05. The molecule has 9 heteroatoms. The highest BCUT2D eigenvalue weighted by Crippen LogP contribution is 2.37. The number of aromatic nitrogens is 2. The molecular formula is C22H16N4O4S. The molecule has 8 nitrogen and oxygen atoms in total. The lowest BCUT2D eigenvalue weighted by atomic mass is 10.1. The van der Waals surface area contributed by atoms with Crippen LogP contribution in [0.1, 0.15) is 5.56 Å². The van der Waals surface area contributed by atoms with E-state index in [2.05, 4.69) is 5.10 Å². The van der Waals surface area contributed by atoms with Crippen LogP contribution >= 0.6 is 11.8 Å². The van der Waals surface area contributed by atoms with Gasteiger partial charge in [0.25, 0.3) is 5.69 Å². The largest absolute Gasteiger partial charge is 0.301 e. The van der Waals surface area contributed by atoms with Gasteiger partial charge in [-0.2, -0.15) is 5.10 Å². The second-order valence-electron chi connectivity index (χ2n) is 6.75. The van der Waals surface area contributed by atoms with Crippen LogP contribution in [-0.4, -0.2) is 19.6 Å². The zero-order valence-electron chi connectivity index (χ0n) is 16.3. The predicted molar refractivity (Wildman–Crippen MR) is 118 cm³/mol. The summed E-state index contributed by atoms with van der Waals surface area (Å²) in [5.41, 5.74) is 2.06. The Morgan fingerprint density at radius 2 is 1.61 bits per heavy atom. The van der Waals surface area contributed by atoms with E-state index in [1.165, 1.54) is 28.6 Å². The molecule has 154 valence electrons. The summed E-state index contributed by atoms with van der Waals surface area (Å²) < 4.78 is 1.41. The average Bonchev–Trinajstić information content (AvgIpc) is 3.18. The van der Waals surface area contributed by atoms with Gasteiger partial charge in [-0.15, -0.1) is 0 Å². The molecule has 4 aromatic rings. The Morgan fingerprint density at radius 1 is 0.903 bits per heavy atom. The Morgan fingerprint density at radius 3 is 2.26 bits per heavy atom. The van der Waals surface area contributed by atoms with Gasteiger partial charge in [0, 0.05) is 22.7 Å². The highest BCUT2D eigenvalue weighted by molar-refractivity contribution is 7.99. The molecule has 0 fully saturated rings. The number of non-ortho nitro benzene ring substituents is 1. The van der Waals surface area contributed by atoms with Gasteiger partial charge in [0.05, 0.1) is 20.8 Å². The maximum atomic E-state index is 11.6. The van der Waals surface area contributed by atoms with Crippen LogP contribution in [0.4, 0.5) is 11.4 Å². The van der Waals surface area contributed by atoms with Crippen LogP contribution in [0, 0.1) is 27.2 Å². The quantitative estimate of drug-likeness (QED) is 0.281. The number of benzene rings is 3. The van der Waals surface area contributed by atoms with E-state index in [9.17, 15) is 20.2 Å². The van der Waals surface area contributed by atoms with Crippen LogP contribution in [0.3, 0.4) is 0 Å². The fourth-order valence-corrected chi connectivity index (χ4v) is 4.00. The molecule has 0 saturated carbocycles. The van der Waals surface area contributed by atoms with Gasteiger partial charge in [-0.3, -0.25) is 20.2 Å². The van der Waals surface area contributed by atoms with E-state index in [-0.39, 0.29) is 17.1 Å². The minimum Gasteiger partial charge on any atom is -0.258 e. The van der Waals surface area contributed by atoms with Gasteiger partial charge in [-0.1, -0.05) is 59.8 Å². The number of aryl methyl sites for hydroxylation is 1. The summed E-state index contributed by atoms with van der Waals surface area (Å²) in [7, 11) is 0. The molecule has 3 aromatic carbocycles. The topological polar surface area (TPSA) is 104 Å². The Labute approximate surface area is 181 Å². The Hall–Kier alpha value is -3.98. The molecule has 0 aliphatic rings. The van der Waals surface area contributed by atoms with Crippen molar-refractivity contribution < 1.29 is 9.85 Å². The molecule has 0 aliphatic carbocycles. The summed E-state index contributed by atoms with van der Waals surface area (Å²) >= 11 is 1.49. The number of hydrogen-bond donors (Lipinski definition) is 0. The first-order valence-electron chi connectivity index (χ1n) is 9.25. The lowest BCUT2D eigenvalue weighted by Crippen LogP contribution is -2.02. The van der Waals surface area contributed by atoms with Crippen molar-refractivity contribution in [2.75, 3.05) is 0 Å². The van der Waals surface area contributed by atoms with Crippen LogP contribution in [-0.2, 0) is 0 Å². The highest BCUT2D eigenvalue weighted by atomic mass is 32.2. The monoisotopic (exact) mass is 432 g/mol. The van der Waals surface area contributed by atoms with Crippen molar-refractivity contribution in [2.24, 2.45) is 0 Å². The van der Waals surface area contributed by atoms with Crippen LogP contribution in [0.5, 0.6) is 0 Å². The van der Waals surface area contributed by atoms with Gasteiger partial charge in [0.15, 0.2) is 0 Å². The van der Waals surface area contributed by atoms with E-state index >= 15 is 0 Å². The number of nitro groups is 2. The molecule has 0 amide bonds. The average molecular weight is 432 g/mol. The number of rotatable bonds is 6. The third-order valence-corrected chi connectivity index (χ3v) is 5.62. The SMILES string of the molecule is Cc1ccc(-c2nn(-c3ccc([N+](=O)[O-])cc3[N+](=O)[O-])cc2Sc2ccccc2)cc1. The van der Waals surface area contributed by atoms with E-state index in [0.29, 0.717) is 5.69 Å².